The number of hydrogen-bond acceptors (Lipinski definition) is 5. The average molecular weight is 432 g/mol. The molecule has 31 heavy (non-hydrogen) atoms. The van der Waals surface area contributed by atoms with Crippen LogP contribution in [0.15, 0.2) is 48.5 Å². The Hall–Kier alpha value is -2.97. The van der Waals surface area contributed by atoms with Crippen LogP contribution in [0.2, 0.25) is 0 Å². The van der Waals surface area contributed by atoms with Crippen molar-refractivity contribution in [1.29, 1.82) is 0 Å². The van der Waals surface area contributed by atoms with Crippen molar-refractivity contribution in [2.45, 2.75) is 19.4 Å². The average Bonchev–Trinajstić information content (AvgIpc) is 2.78. The van der Waals surface area contributed by atoms with Crippen LogP contribution < -0.4 is 10.1 Å². The van der Waals surface area contributed by atoms with Gasteiger partial charge in [-0.15, -0.1) is 0 Å². The van der Waals surface area contributed by atoms with Crippen molar-refractivity contribution in [2.75, 3.05) is 40.0 Å². The first-order valence-electron chi connectivity index (χ1n) is 10.1. The van der Waals surface area contributed by atoms with Crippen molar-refractivity contribution < 1.29 is 28.6 Å². The molecule has 8 heteroatoms. The van der Waals surface area contributed by atoms with Crippen LogP contribution in [-0.2, 0) is 16.0 Å². The van der Waals surface area contributed by atoms with Crippen LogP contribution >= 0.6 is 0 Å². The Bertz CT molecular complexity index is 847. The topological polar surface area (TPSA) is 88.1 Å². The van der Waals surface area contributed by atoms with Crippen LogP contribution in [0, 0.1) is 5.82 Å². The molecule has 0 aliphatic carbocycles. The zero-order valence-electron chi connectivity index (χ0n) is 17.8. The van der Waals surface area contributed by atoms with Crippen LogP contribution in [0.3, 0.4) is 0 Å². The van der Waals surface area contributed by atoms with Crippen LogP contribution in [0.1, 0.15) is 22.8 Å². The van der Waals surface area contributed by atoms with E-state index in [1.807, 2.05) is 30.3 Å². The van der Waals surface area contributed by atoms with Gasteiger partial charge in [0.2, 0.25) is 0 Å². The smallest absolute Gasteiger partial charge is 0.260 e. The highest BCUT2D eigenvalue weighted by atomic mass is 19.1. The summed E-state index contributed by atoms with van der Waals surface area (Å²) in [6, 6.07) is 13.0. The minimum Gasteiger partial charge on any atom is -0.483 e. The first kappa shape index (κ1) is 24.3. The van der Waals surface area contributed by atoms with Gasteiger partial charge in [-0.25, -0.2) is 4.39 Å². The number of likely N-dealkylation sites (N-methyl/N-ethyl adjacent to an activating group) is 1. The zero-order chi connectivity index (χ0) is 22.6. The third-order valence-electron chi connectivity index (χ3n) is 4.69. The predicted octanol–water partition coefficient (Wildman–Crippen LogP) is 2.03. The minimum absolute atomic E-state index is 0.0142. The Morgan fingerprint density at radius 1 is 1.16 bits per heavy atom. The van der Waals surface area contributed by atoms with E-state index in [1.165, 1.54) is 30.2 Å². The summed E-state index contributed by atoms with van der Waals surface area (Å²) in [5.41, 5.74) is 0.743. The van der Waals surface area contributed by atoms with E-state index < -0.39 is 30.3 Å². The monoisotopic (exact) mass is 432 g/mol. The third-order valence-corrected chi connectivity index (χ3v) is 4.69. The molecule has 2 rings (SSSR count). The number of nitrogens with zero attached hydrogens (tertiary/aromatic N) is 1. The number of hydrogen-bond donors (Lipinski definition) is 2. The molecular weight excluding hydrogens is 403 g/mol. The second-order valence-corrected chi connectivity index (χ2v) is 6.92. The molecule has 0 unspecified atom stereocenters. The molecule has 0 radical (unpaired) electrons. The number of amides is 2. The van der Waals surface area contributed by atoms with Gasteiger partial charge in [0, 0.05) is 20.2 Å². The molecule has 0 spiro atoms. The number of aliphatic hydroxyl groups excluding tert-OH is 1. The molecule has 2 N–H and O–H groups in total. The van der Waals surface area contributed by atoms with Crippen LogP contribution in [-0.4, -0.2) is 67.9 Å². The lowest BCUT2D eigenvalue weighted by molar-refractivity contribution is -0.124. The molecular formula is C23H29FN2O5. The lowest BCUT2D eigenvalue weighted by Crippen LogP contribution is -2.41. The molecule has 0 saturated heterocycles. The standard InChI is InChI=1S/C23H29FN2O5/c1-3-26(12-13-30-2)23(29)22-19(24)10-7-11-20(22)31-16-21(28)25-18(15-27)14-17-8-5-4-6-9-17/h4-11,18,27H,3,12-16H2,1-2H3,(H,25,28)/t18-/m0/s1. The first-order chi connectivity index (χ1) is 15.0. The molecule has 0 aliphatic heterocycles. The minimum atomic E-state index is -0.726. The second-order valence-electron chi connectivity index (χ2n) is 6.92. The van der Waals surface area contributed by atoms with Gasteiger partial charge in [-0.2, -0.15) is 0 Å². The summed E-state index contributed by atoms with van der Waals surface area (Å²) in [7, 11) is 1.52. The number of nitrogens with one attached hydrogen (secondary N) is 1. The summed E-state index contributed by atoms with van der Waals surface area (Å²) in [5, 5.41) is 12.3. The molecule has 1 atom stereocenters. The maximum atomic E-state index is 14.5. The van der Waals surface area contributed by atoms with Crippen LogP contribution in [0.5, 0.6) is 5.75 Å². The highest BCUT2D eigenvalue weighted by molar-refractivity contribution is 5.97. The van der Waals surface area contributed by atoms with Gasteiger partial charge in [0.1, 0.15) is 17.1 Å². The molecule has 0 aromatic heterocycles. The highest BCUT2D eigenvalue weighted by Gasteiger charge is 2.23. The Kier molecular flexibility index (Phi) is 9.93. The number of halogens is 1. The van der Waals surface area contributed by atoms with E-state index in [-0.39, 0.29) is 17.9 Å². The summed E-state index contributed by atoms with van der Waals surface area (Å²) in [5.74, 6) is -1.76. The van der Waals surface area contributed by atoms with Crippen molar-refractivity contribution in [1.82, 2.24) is 10.2 Å². The largest absolute Gasteiger partial charge is 0.483 e. The van der Waals surface area contributed by atoms with Crippen molar-refractivity contribution in [3.8, 4) is 5.75 Å². The third kappa shape index (κ3) is 7.34. The fourth-order valence-electron chi connectivity index (χ4n) is 3.07. The number of aliphatic hydroxyl groups is 1. The SMILES string of the molecule is CCN(CCOC)C(=O)c1c(F)cccc1OCC(=O)N[C@H](CO)Cc1ccccc1. The maximum absolute atomic E-state index is 14.5. The fraction of sp³-hybridized carbons (Fsp3) is 0.391. The normalized spacial score (nSPS) is 11.6. The molecule has 0 aliphatic rings. The molecule has 0 bridgehead atoms. The molecule has 0 fully saturated rings. The zero-order valence-corrected chi connectivity index (χ0v) is 17.8. The second kappa shape index (κ2) is 12.7. The number of methoxy groups -OCH3 is 1. The molecule has 0 heterocycles. The van der Waals surface area contributed by atoms with Gasteiger partial charge in [0.05, 0.1) is 19.3 Å². The molecule has 7 nitrogen and oxygen atoms in total. The van der Waals surface area contributed by atoms with Gasteiger partial charge in [0.25, 0.3) is 11.8 Å². The summed E-state index contributed by atoms with van der Waals surface area (Å²) in [4.78, 5) is 26.6. The van der Waals surface area contributed by atoms with E-state index in [2.05, 4.69) is 5.32 Å². The molecule has 2 aromatic carbocycles. The number of carbonyl (C=O) groups excluding carboxylic acids is 2. The Labute approximate surface area is 181 Å². The highest BCUT2D eigenvalue weighted by Crippen LogP contribution is 2.23. The summed E-state index contributed by atoms with van der Waals surface area (Å²) >= 11 is 0. The van der Waals surface area contributed by atoms with E-state index in [0.29, 0.717) is 26.1 Å². The van der Waals surface area contributed by atoms with Gasteiger partial charge >= 0.3 is 0 Å². The van der Waals surface area contributed by atoms with Crippen molar-refractivity contribution in [2.24, 2.45) is 0 Å². The molecule has 2 aromatic rings. The lowest BCUT2D eigenvalue weighted by atomic mass is 10.1. The molecule has 168 valence electrons. The van der Waals surface area contributed by atoms with Gasteiger partial charge in [-0.05, 0) is 31.0 Å². The van der Waals surface area contributed by atoms with Crippen LogP contribution in [0.25, 0.3) is 0 Å². The van der Waals surface area contributed by atoms with Crippen molar-refractivity contribution >= 4 is 11.8 Å². The number of benzene rings is 2. The number of rotatable bonds is 12. The van der Waals surface area contributed by atoms with E-state index in [0.717, 1.165) is 5.56 Å². The maximum Gasteiger partial charge on any atom is 0.260 e. The number of ether oxygens (including phenoxy) is 2. The van der Waals surface area contributed by atoms with Crippen molar-refractivity contribution in [3.05, 3.63) is 65.5 Å². The van der Waals surface area contributed by atoms with Crippen LogP contribution in [0.4, 0.5) is 4.39 Å². The van der Waals surface area contributed by atoms with E-state index >= 15 is 0 Å². The van der Waals surface area contributed by atoms with Crippen molar-refractivity contribution in [3.63, 3.8) is 0 Å². The van der Waals surface area contributed by atoms with Gasteiger partial charge in [-0.3, -0.25) is 9.59 Å². The Morgan fingerprint density at radius 2 is 1.90 bits per heavy atom. The van der Waals surface area contributed by atoms with Gasteiger partial charge in [0.15, 0.2) is 6.61 Å². The fourth-order valence-corrected chi connectivity index (χ4v) is 3.07. The Morgan fingerprint density at radius 3 is 2.55 bits per heavy atom. The summed E-state index contributed by atoms with van der Waals surface area (Å²) in [6.45, 7) is 2.11. The van der Waals surface area contributed by atoms with Gasteiger partial charge < -0.3 is 24.8 Å². The predicted molar refractivity (Wildman–Crippen MR) is 115 cm³/mol. The molecule has 0 saturated carbocycles. The van der Waals surface area contributed by atoms with E-state index in [4.69, 9.17) is 9.47 Å². The molecule has 2 amide bonds. The lowest BCUT2D eigenvalue weighted by Gasteiger charge is -2.22. The first-order valence-corrected chi connectivity index (χ1v) is 10.1. The van der Waals surface area contributed by atoms with E-state index in [1.54, 1.807) is 6.92 Å². The summed E-state index contributed by atoms with van der Waals surface area (Å²) < 4.78 is 24.9. The summed E-state index contributed by atoms with van der Waals surface area (Å²) in [6.07, 6.45) is 0.456. The Balaban J connectivity index is 2.03. The number of carbonyl (C=O) groups is 2. The van der Waals surface area contributed by atoms with E-state index in [9.17, 15) is 19.1 Å². The quantitative estimate of drug-likeness (QED) is 0.536. The van der Waals surface area contributed by atoms with Gasteiger partial charge in [-0.1, -0.05) is 36.4 Å².